The number of nitrogens with one attached hydrogen (secondary N) is 2. The predicted molar refractivity (Wildman–Crippen MR) is 111 cm³/mol. The molecular weight excluding hydrogens is 354 g/mol. The van der Waals surface area contributed by atoms with Gasteiger partial charge in [-0.3, -0.25) is 10.1 Å². The number of aryl methyl sites for hydroxylation is 1. The van der Waals surface area contributed by atoms with Crippen molar-refractivity contribution in [1.29, 1.82) is 0 Å². The molecule has 1 heterocycles. The lowest BCUT2D eigenvalue weighted by Gasteiger charge is -2.11. The summed E-state index contributed by atoms with van der Waals surface area (Å²) in [6, 6.07) is 20.0. The molecule has 0 aliphatic carbocycles. The minimum atomic E-state index is -0.437. The SMILES string of the molecule is Cc1nc(NCCc2ccccc2)nc(NCCc2ccccc2)c1[N+](=O)[O-]. The number of nitro groups is 1. The fraction of sp³-hybridized carbons (Fsp3) is 0.238. The molecule has 2 N–H and O–H groups in total. The van der Waals surface area contributed by atoms with Gasteiger partial charge in [0.15, 0.2) is 0 Å². The van der Waals surface area contributed by atoms with Crippen LogP contribution in [0.2, 0.25) is 0 Å². The molecule has 28 heavy (non-hydrogen) atoms. The van der Waals surface area contributed by atoms with Gasteiger partial charge in [-0.1, -0.05) is 60.7 Å². The van der Waals surface area contributed by atoms with Gasteiger partial charge < -0.3 is 10.6 Å². The van der Waals surface area contributed by atoms with Crippen LogP contribution >= 0.6 is 0 Å². The number of hydrogen-bond acceptors (Lipinski definition) is 6. The van der Waals surface area contributed by atoms with E-state index in [0.29, 0.717) is 24.7 Å². The monoisotopic (exact) mass is 377 g/mol. The number of rotatable bonds is 9. The molecule has 0 aliphatic heterocycles. The van der Waals surface area contributed by atoms with Gasteiger partial charge in [-0.25, -0.2) is 4.98 Å². The van der Waals surface area contributed by atoms with E-state index in [4.69, 9.17) is 0 Å². The van der Waals surface area contributed by atoms with Crippen LogP contribution < -0.4 is 10.6 Å². The van der Waals surface area contributed by atoms with Crippen LogP contribution in [0.25, 0.3) is 0 Å². The van der Waals surface area contributed by atoms with E-state index in [-0.39, 0.29) is 11.5 Å². The minimum Gasteiger partial charge on any atom is -0.364 e. The summed E-state index contributed by atoms with van der Waals surface area (Å²) in [5.41, 5.74) is 2.62. The van der Waals surface area contributed by atoms with Gasteiger partial charge in [0.25, 0.3) is 0 Å². The number of benzene rings is 2. The Morgan fingerprint density at radius 3 is 1.93 bits per heavy atom. The van der Waals surface area contributed by atoms with Gasteiger partial charge in [0.05, 0.1) is 4.92 Å². The zero-order valence-corrected chi connectivity index (χ0v) is 15.8. The normalized spacial score (nSPS) is 10.5. The van der Waals surface area contributed by atoms with Gasteiger partial charge in [-0.05, 0) is 30.9 Å². The van der Waals surface area contributed by atoms with Crippen molar-refractivity contribution >= 4 is 17.5 Å². The lowest BCUT2D eigenvalue weighted by atomic mass is 10.1. The Morgan fingerprint density at radius 2 is 1.39 bits per heavy atom. The molecule has 0 aliphatic rings. The molecule has 3 rings (SSSR count). The fourth-order valence-corrected chi connectivity index (χ4v) is 2.92. The van der Waals surface area contributed by atoms with E-state index in [1.54, 1.807) is 6.92 Å². The minimum absolute atomic E-state index is 0.0818. The highest BCUT2D eigenvalue weighted by molar-refractivity contribution is 5.60. The van der Waals surface area contributed by atoms with E-state index in [1.807, 2.05) is 48.5 Å². The Hall–Kier alpha value is -3.48. The first kappa shape index (κ1) is 19.3. The molecule has 0 unspecified atom stereocenters. The molecule has 0 bridgehead atoms. The maximum atomic E-state index is 11.5. The van der Waals surface area contributed by atoms with Crippen molar-refractivity contribution in [3.8, 4) is 0 Å². The van der Waals surface area contributed by atoms with E-state index in [2.05, 4.69) is 32.7 Å². The summed E-state index contributed by atoms with van der Waals surface area (Å²) in [7, 11) is 0. The quantitative estimate of drug-likeness (QED) is 0.432. The highest BCUT2D eigenvalue weighted by atomic mass is 16.6. The molecule has 1 aromatic heterocycles. The molecule has 0 spiro atoms. The third kappa shape index (κ3) is 5.26. The first-order valence-corrected chi connectivity index (χ1v) is 9.22. The van der Waals surface area contributed by atoms with Crippen molar-refractivity contribution < 1.29 is 4.92 Å². The standard InChI is InChI=1S/C21H23N5O2/c1-16-19(26(27)28)20(22-14-12-17-8-4-2-5-9-17)25-21(24-16)23-15-13-18-10-6-3-7-11-18/h2-11H,12-15H2,1H3,(H2,22,23,24,25). The summed E-state index contributed by atoms with van der Waals surface area (Å²) in [4.78, 5) is 19.6. The third-order valence-corrected chi connectivity index (χ3v) is 4.33. The number of nitrogens with zero attached hydrogens (tertiary/aromatic N) is 3. The maximum absolute atomic E-state index is 11.5. The Bertz CT molecular complexity index is 917. The van der Waals surface area contributed by atoms with Crippen molar-refractivity contribution in [3.05, 3.63) is 87.6 Å². The van der Waals surface area contributed by atoms with E-state index >= 15 is 0 Å². The molecule has 0 atom stereocenters. The highest BCUT2D eigenvalue weighted by Gasteiger charge is 2.21. The van der Waals surface area contributed by atoms with Crippen LogP contribution in [0, 0.1) is 17.0 Å². The summed E-state index contributed by atoms with van der Waals surface area (Å²) >= 11 is 0. The average Bonchev–Trinajstić information content (AvgIpc) is 2.69. The molecule has 0 fully saturated rings. The Morgan fingerprint density at radius 1 is 0.857 bits per heavy atom. The molecule has 0 radical (unpaired) electrons. The molecule has 3 aromatic rings. The third-order valence-electron chi connectivity index (χ3n) is 4.33. The fourth-order valence-electron chi connectivity index (χ4n) is 2.92. The summed E-state index contributed by atoms with van der Waals surface area (Å²) in [6.07, 6.45) is 1.56. The van der Waals surface area contributed by atoms with Crippen molar-refractivity contribution in [2.45, 2.75) is 19.8 Å². The second kappa shape index (κ2) is 9.45. The van der Waals surface area contributed by atoms with Crippen molar-refractivity contribution in [1.82, 2.24) is 9.97 Å². The lowest BCUT2D eigenvalue weighted by molar-refractivity contribution is -0.385. The number of anilines is 2. The Kier molecular flexibility index (Phi) is 6.51. The second-order valence-corrected chi connectivity index (χ2v) is 6.41. The van der Waals surface area contributed by atoms with E-state index in [1.165, 1.54) is 5.56 Å². The first-order chi connectivity index (χ1) is 13.6. The average molecular weight is 377 g/mol. The number of aromatic nitrogens is 2. The van der Waals surface area contributed by atoms with E-state index in [0.717, 1.165) is 18.4 Å². The zero-order chi connectivity index (χ0) is 19.8. The summed E-state index contributed by atoms with van der Waals surface area (Å²) in [5, 5.41) is 17.7. The van der Waals surface area contributed by atoms with Gasteiger partial charge >= 0.3 is 5.69 Å². The van der Waals surface area contributed by atoms with Gasteiger partial charge in [0.2, 0.25) is 11.8 Å². The summed E-state index contributed by atoms with van der Waals surface area (Å²) in [5.74, 6) is 0.636. The van der Waals surface area contributed by atoms with Crippen LogP contribution in [-0.2, 0) is 12.8 Å². The molecule has 0 saturated heterocycles. The summed E-state index contributed by atoms with van der Waals surface area (Å²) in [6.45, 7) is 2.82. The topological polar surface area (TPSA) is 93.0 Å². The van der Waals surface area contributed by atoms with Crippen LogP contribution in [0.15, 0.2) is 60.7 Å². The molecule has 7 heteroatoms. The van der Waals surface area contributed by atoms with Crippen molar-refractivity contribution in [2.75, 3.05) is 23.7 Å². The van der Waals surface area contributed by atoms with Gasteiger partial charge in [0.1, 0.15) is 5.69 Å². The van der Waals surface area contributed by atoms with Crippen molar-refractivity contribution in [3.63, 3.8) is 0 Å². The Labute approximate surface area is 164 Å². The van der Waals surface area contributed by atoms with Gasteiger partial charge in [0, 0.05) is 13.1 Å². The number of hydrogen-bond donors (Lipinski definition) is 2. The van der Waals surface area contributed by atoms with Crippen LogP contribution in [0.4, 0.5) is 17.5 Å². The highest BCUT2D eigenvalue weighted by Crippen LogP contribution is 2.26. The molecular formula is C21H23N5O2. The van der Waals surface area contributed by atoms with Crippen molar-refractivity contribution in [2.24, 2.45) is 0 Å². The molecule has 144 valence electrons. The van der Waals surface area contributed by atoms with Crippen LogP contribution in [0.5, 0.6) is 0 Å². The molecule has 7 nitrogen and oxygen atoms in total. The lowest BCUT2D eigenvalue weighted by Crippen LogP contribution is -2.14. The zero-order valence-electron chi connectivity index (χ0n) is 15.8. The predicted octanol–water partition coefficient (Wildman–Crippen LogP) is 4.00. The second-order valence-electron chi connectivity index (χ2n) is 6.41. The van der Waals surface area contributed by atoms with Gasteiger partial charge in [-0.2, -0.15) is 4.98 Å². The van der Waals surface area contributed by atoms with E-state index in [9.17, 15) is 10.1 Å². The van der Waals surface area contributed by atoms with Crippen LogP contribution in [0.3, 0.4) is 0 Å². The van der Waals surface area contributed by atoms with Gasteiger partial charge in [-0.15, -0.1) is 0 Å². The maximum Gasteiger partial charge on any atom is 0.332 e. The summed E-state index contributed by atoms with van der Waals surface area (Å²) < 4.78 is 0. The Balaban J connectivity index is 1.67. The molecule has 0 saturated carbocycles. The van der Waals surface area contributed by atoms with E-state index < -0.39 is 4.92 Å². The molecule has 2 aromatic carbocycles. The van der Waals surface area contributed by atoms with Crippen LogP contribution in [0.1, 0.15) is 16.8 Å². The first-order valence-electron chi connectivity index (χ1n) is 9.22. The smallest absolute Gasteiger partial charge is 0.332 e. The van der Waals surface area contributed by atoms with Crippen LogP contribution in [-0.4, -0.2) is 28.0 Å². The largest absolute Gasteiger partial charge is 0.364 e. The molecule has 0 amide bonds.